The van der Waals surface area contributed by atoms with E-state index in [1.165, 1.54) is 32.1 Å². The van der Waals surface area contributed by atoms with Crippen molar-refractivity contribution < 1.29 is 4.79 Å². The molecule has 116 valence electrons. The Kier molecular flexibility index (Phi) is 6.09. The Morgan fingerprint density at radius 2 is 1.95 bits per heavy atom. The van der Waals surface area contributed by atoms with E-state index in [0.29, 0.717) is 13.0 Å². The predicted octanol–water partition coefficient (Wildman–Crippen LogP) is 3.98. The van der Waals surface area contributed by atoms with E-state index in [9.17, 15) is 4.79 Å². The molecule has 1 aromatic rings. The van der Waals surface area contributed by atoms with Gasteiger partial charge < -0.3 is 10.6 Å². The van der Waals surface area contributed by atoms with E-state index in [2.05, 4.69) is 0 Å². The maximum absolute atomic E-state index is 12.4. The quantitative estimate of drug-likeness (QED) is 0.805. The number of benzene rings is 1. The van der Waals surface area contributed by atoms with Gasteiger partial charge in [-0.2, -0.15) is 0 Å². The molecule has 1 aliphatic carbocycles. The van der Waals surface area contributed by atoms with Gasteiger partial charge in [0.25, 0.3) is 0 Å². The molecular weight excluding hydrogens is 260 g/mol. The van der Waals surface area contributed by atoms with Crippen molar-refractivity contribution in [3.63, 3.8) is 0 Å². The Morgan fingerprint density at radius 3 is 2.62 bits per heavy atom. The summed E-state index contributed by atoms with van der Waals surface area (Å²) in [5.74, 6) is 1.04. The highest BCUT2D eigenvalue weighted by molar-refractivity contribution is 5.76. The van der Waals surface area contributed by atoms with Crippen molar-refractivity contribution in [3.05, 3.63) is 29.8 Å². The molecule has 0 aromatic heterocycles. The second kappa shape index (κ2) is 8.06. The fourth-order valence-corrected chi connectivity index (χ4v) is 3.22. The summed E-state index contributed by atoms with van der Waals surface area (Å²) in [6.45, 7) is 3.42. The van der Waals surface area contributed by atoms with E-state index in [1.807, 2.05) is 36.1 Å². The minimum absolute atomic E-state index is 0.270. The number of carbonyl (C=O) groups excluding carboxylic acids is 1. The summed E-state index contributed by atoms with van der Waals surface area (Å²) < 4.78 is 0. The molecule has 3 nitrogen and oxygen atoms in total. The summed E-state index contributed by atoms with van der Waals surface area (Å²) in [6, 6.07) is 7.81. The second-order valence-electron chi connectivity index (χ2n) is 6.15. The van der Waals surface area contributed by atoms with Crippen LogP contribution < -0.4 is 5.73 Å². The maximum Gasteiger partial charge on any atom is 0.222 e. The molecule has 0 saturated heterocycles. The molecule has 0 bridgehead atoms. The number of nitrogens with two attached hydrogens (primary N) is 1. The van der Waals surface area contributed by atoms with Crippen LogP contribution in [0, 0.1) is 5.92 Å². The van der Waals surface area contributed by atoms with Crippen molar-refractivity contribution in [2.24, 2.45) is 5.92 Å². The van der Waals surface area contributed by atoms with Crippen LogP contribution >= 0.6 is 0 Å². The predicted molar refractivity (Wildman–Crippen MR) is 87.8 cm³/mol. The summed E-state index contributed by atoms with van der Waals surface area (Å²) in [6.07, 6.45) is 8.42. The Labute approximate surface area is 128 Å². The lowest BCUT2D eigenvalue weighted by Gasteiger charge is -2.25. The summed E-state index contributed by atoms with van der Waals surface area (Å²) >= 11 is 0. The molecule has 0 unspecified atom stereocenters. The lowest BCUT2D eigenvalue weighted by Crippen LogP contribution is -2.30. The van der Waals surface area contributed by atoms with Gasteiger partial charge in [0, 0.05) is 25.2 Å². The number of amides is 1. The molecule has 0 heterocycles. The first kappa shape index (κ1) is 15.9. The van der Waals surface area contributed by atoms with Gasteiger partial charge in [0.15, 0.2) is 0 Å². The largest absolute Gasteiger partial charge is 0.398 e. The van der Waals surface area contributed by atoms with Gasteiger partial charge in [0.1, 0.15) is 0 Å². The van der Waals surface area contributed by atoms with Crippen LogP contribution in [0.5, 0.6) is 0 Å². The second-order valence-corrected chi connectivity index (χ2v) is 6.15. The lowest BCUT2D eigenvalue weighted by molar-refractivity contribution is -0.132. The normalized spacial score (nSPS) is 15.9. The van der Waals surface area contributed by atoms with E-state index in [1.54, 1.807) is 0 Å². The molecule has 1 fully saturated rings. The highest BCUT2D eigenvalue weighted by Crippen LogP contribution is 2.27. The van der Waals surface area contributed by atoms with Gasteiger partial charge in [-0.15, -0.1) is 0 Å². The molecule has 2 rings (SSSR count). The van der Waals surface area contributed by atoms with Crippen molar-refractivity contribution in [2.45, 2.75) is 58.4 Å². The average Bonchev–Trinajstić information content (AvgIpc) is 2.53. The number of nitrogens with zero attached hydrogens (tertiary/aromatic N) is 1. The summed E-state index contributed by atoms with van der Waals surface area (Å²) in [4.78, 5) is 14.3. The SMILES string of the molecule is CCN(Cc1ccccc1N)C(=O)CCC1CCCCC1. The van der Waals surface area contributed by atoms with Gasteiger partial charge in [0.05, 0.1) is 0 Å². The van der Waals surface area contributed by atoms with Crippen molar-refractivity contribution in [1.29, 1.82) is 0 Å². The molecule has 0 radical (unpaired) electrons. The topological polar surface area (TPSA) is 46.3 Å². The number of para-hydroxylation sites is 1. The van der Waals surface area contributed by atoms with Crippen LogP contribution in [0.2, 0.25) is 0 Å². The molecule has 1 aliphatic rings. The van der Waals surface area contributed by atoms with Gasteiger partial charge in [-0.3, -0.25) is 4.79 Å². The molecule has 1 saturated carbocycles. The van der Waals surface area contributed by atoms with Crippen LogP contribution in [0.25, 0.3) is 0 Å². The van der Waals surface area contributed by atoms with Crippen molar-refractivity contribution in [2.75, 3.05) is 12.3 Å². The highest BCUT2D eigenvalue weighted by Gasteiger charge is 2.18. The number of hydrogen-bond donors (Lipinski definition) is 1. The number of carbonyl (C=O) groups is 1. The van der Waals surface area contributed by atoms with Crippen LogP contribution in [0.4, 0.5) is 5.69 Å². The number of hydrogen-bond acceptors (Lipinski definition) is 2. The fraction of sp³-hybridized carbons (Fsp3) is 0.611. The highest BCUT2D eigenvalue weighted by atomic mass is 16.2. The zero-order chi connectivity index (χ0) is 15.1. The summed E-state index contributed by atoms with van der Waals surface area (Å²) in [5, 5.41) is 0. The monoisotopic (exact) mass is 288 g/mol. The van der Waals surface area contributed by atoms with E-state index in [-0.39, 0.29) is 5.91 Å². The Hall–Kier alpha value is -1.51. The van der Waals surface area contributed by atoms with E-state index < -0.39 is 0 Å². The first-order chi connectivity index (χ1) is 10.2. The minimum Gasteiger partial charge on any atom is -0.398 e. The van der Waals surface area contributed by atoms with Gasteiger partial charge >= 0.3 is 0 Å². The molecule has 0 atom stereocenters. The molecular formula is C18H28N2O. The third kappa shape index (κ3) is 4.76. The molecule has 2 N–H and O–H groups in total. The van der Waals surface area contributed by atoms with E-state index in [4.69, 9.17) is 5.73 Å². The third-order valence-electron chi connectivity index (χ3n) is 4.64. The lowest BCUT2D eigenvalue weighted by atomic mass is 9.86. The number of nitrogen functional groups attached to an aromatic ring is 1. The Bertz CT molecular complexity index is 452. The van der Waals surface area contributed by atoms with Gasteiger partial charge in [-0.25, -0.2) is 0 Å². The molecule has 0 spiro atoms. The van der Waals surface area contributed by atoms with Gasteiger partial charge in [-0.1, -0.05) is 50.3 Å². The zero-order valence-electron chi connectivity index (χ0n) is 13.2. The maximum atomic E-state index is 12.4. The summed E-state index contributed by atoms with van der Waals surface area (Å²) in [7, 11) is 0. The van der Waals surface area contributed by atoms with Crippen LogP contribution in [-0.2, 0) is 11.3 Å². The van der Waals surface area contributed by atoms with Crippen molar-refractivity contribution >= 4 is 11.6 Å². The smallest absolute Gasteiger partial charge is 0.222 e. The van der Waals surface area contributed by atoms with Crippen LogP contribution in [0.15, 0.2) is 24.3 Å². The molecule has 21 heavy (non-hydrogen) atoms. The van der Waals surface area contributed by atoms with Crippen LogP contribution in [0.3, 0.4) is 0 Å². The Morgan fingerprint density at radius 1 is 1.24 bits per heavy atom. The standard InChI is InChI=1S/C18H28N2O/c1-2-20(14-16-10-6-7-11-17(16)19)18(21)13-12-15-8-4-3-5-9-15/h6-7,10-11,15H,2-5,8-9,12-14,19H2,1H3. The van der Waals surface area contributed by atoms with E-state index >= 15 is 0 Å². The Balaban J connectivity index is 1.85. The number of rotatable bonds is 6. The van der Waals surface area contributed by atoms with Crippen LogP contribution in [-0.4, -0.2) is 17.4 Å². The molecule has 0 aliphatic heterocycles. The third-order valence-corrected chi connectivity index (χ3v) is 4.64. The van der Waals surface area contributed by atoms with Crippen molar-refractivity contribution in [1.82, 2.24) is 4.90 Å². The number of anilines is 1. The molecule has 3 heteroatoms. The average molecular weight is 288 g/mol. The minimum atomic E-state index is 0.270. The molecule has 1 aromatic carbocycles. The summed E-state index contributed by atoms with van der Waals surface area (Å²) in [5.41, 5.74) is 7.80. The first-order valence-corrected chi connectivity index (χ1v) is 8.32. The van der Waals surface area contributed by atoms with Gasteiger partial charge in [-0.05, 0) is 30.9 Å². The fourth-order valence-electron chi connectivity index (χ4n) is 3.22. The van der Waals surface area contributed by atoms with Gasteiger partial charge in [0.2, 0.25) is 5.91 Å². The first-order valence-electron chi connectivity index (χ1n) is 8.32. The van der Waals surface area contributed by atoms with Crippen molar-refractivity contribution in [3.8, 4) is 0 Å². The van der Waals surface area contributed by atoms with Crippen LogP contribution in [0.1, 0.15) is 57.4 Å². The van der Waals surface area contributed by atoms with E-state index in [0.717, 1.165) is 30.1 Å². The molecule has 1 amide bonds. The zero-order valence-corrected chi connectivity index (χ0v) is 13.2.